The summed E-state index contributed by atoms with van der Waals surface area (Å²) >= 11 is 13.6. The van der Waals surface area contributed by atoms with Gasteiger partial charge in [-0.2, -0.15) is 0 Å². The number of carbonyl (C=O) groups is 3. The van der Waals surface area contributed by atoms with E-state index in [9.17, 15) is 14.4 Å². The molecule has 0 bridgehead atoms. The van der Waals surface area contributed by atoms with Crippen molar-refractivity contribution in [3.63, 3.8) is 0 Å². The first-order valence-corrected chi connectivity index (χ1v) is 12.2. The van der Waals surface area contributed by atoms with E-state index in [1.165, 1.54) is 18.9 Å². The summed E-state index contributed by atoms with van der Waals surface area (Å²) in [5.41, 5.74) is 1.97. The Morgan fingerprint density at radius 2 is 1.56 bits per heavy atom. The molecule has 176 valence electrons. The number of halogens is 2. The summed E-state index contributed by atoms with van der Waals surface area (Å²) in [5.74, 6) is -1.35. The number of carbonyl (C=O) groups excluding carboxylic acids is 3. The third-order valence-corrected chi connectivity index (χ3v) is 6.41. The number of hydrogen-bond acceptors (Lipinski definition) is 5. The summed E-state index contributed by atoms with van der Waals surface area (Å²) in [6.45, 7) is 0. The van der Waals surface area contributed by atoms with E-state index in [1.54, 1.807) is 54.6 Å². The van der Waals surface area contributed by atoms with E-state index >= 15 is 0 Å². The van der Waals surface area contributed by atoms with Crippen LogP contribution in [0.1, 0.15) is 26.3 Å². The molecule has 0 radical (unpaired) electrons. The third kappa shape index (κ3) is 6.32. The van der Waals surface area contributed by atoms with Gasteiger partial charge in [0.1, 0.15) is 6.04 Å². The van der Waals surface area contributed by atoms with E-state index < -0.39 is 17.9 Å². The Hall–Kier alpha value is -3.00. The molecule has 9 heteroatoms. The fraction of sp³-hybridized carbons (Fsp3) is 0.160. The van der Waals surface area contributed by atoms with Crippen molar-refractivity contribution in [3.8, 4) is 0 Å². The lowest BCUT2D eigenvalue weighted by Crippen LogP contribution is -2.43. The maximum atomic E-state index is 12.8. The SMILES string of the molecule is COC(=O)[C@H](Cc1ccc(NC(=O)c2c(Cl)cccc2Cl)cc1)NC(=O)c1ccccc1SC. The molecule has 0 spiro atoms. The van der Waals surface area contributed by atoms with Gasteiger partial charge in [0.05, 0.1) is 28.3 Å². The second-order valence-corrected chi connectivity index (χ2v) is 8.86. The number of thioether (sulfide) groups is 1. The quantitative estimate of drug-likeness (QED) is 0.305. The number of esters is 1. The molecule has 0 fully saturated rings. The Morgan fingerprint density at radius 1 is 0.912 bits per heavy atom. The van der Waals surface area contributed by atoms with Gasteiger partial charge in [0.25, 0.3) is 11.8 Å². The average molecular weight is 517 g/mol. The highest BCUT2D eigenvalue weighted by Crippen LogP contribution is 2.25. The highest BCUT2D eigenvalue weighted by atomic mass is 35.5. The number of methoxy groups -OCH3 is 1. The van der Waals surface area contributed by atoms with Crippen LogP contribution in [0, 0.1) is 0 Å². The van der Waals surface area contributed by atoms with Crippen molar-refractivity contribution in [2.75, 3.05) is 18.7 Å². The molecule has 0 saturated heterocycles. The Bertz CT molecular complexity index is 1180. The second kappa shape index (κ2) is 11.9. The van der Waals surface area contributed by atoms with E-state index in [-0.39, 0.29) is 27.9 Å². The van der Waals surface area contributed by atoms with Crippen molar-refractivity contribution in [1.82, 2.24) is 5.32 Å². The molecule has 0 unspecified atom stereocenters. The lowest BCUT2D eigenvalue weighted by molar-refractivity contribution is -0.142. The van der Waals surface area contributed by atoms with E-state index in [0.717, 1.165) is 10.5 Å². The van der Waals surface area contributed by atoms with Crippen LogP contribution < -0.4 is 10.6 Å². The number of ether oxygens (including phenoxy) is 1. The Labute approximate surface area is 212 Å². The molecule has 0 heterocycles. The fourth-order valence-electron chi connectivity index (χ4n) is 3.27. The number of amides is 2. The molecule has 3 aromatic carbocycles. The van der Waals surface area contributed by atoms with E-state index in [2.05, 4.69) is 10.6 Å². The summed E-state index contributed by atoms with van der Waals surface area (Å²) in [7, 11) is 1.27. The smallest absolute Gasteiger partial charge is 0.328 e. The van der Waals surface area contributed by atoms with Gasteiger partial charge in [0.2, 0.25) is 0 Å². The molecular formula is C25H22Cl2N2O4S. The number of rotatable bonds is 8. The van der Waals surface area contributed by atoms with Gasteiger partial charge in [-0.3, -0.25) is 9.59 Å². The molecule has 6 nitrogen and oxygen atoms in total. The Kier molecular flexibility index (Phi) is 8.98. The molecule has 0 aromatic heterocycles. The zero-order valence-corrected chi connectivity index (χ0v) is 20.8. The van der Waals surface area contributed by atoms with Crippen LogP contribution in [0.2, 0.25) is 10.0 Å². The minimum Gasteiger partial charge on any atom is -0.467 e. The predicted molar refractivity (Wildman–Crippen MR) is 136 cm³/mol. The predicted octanol–water partition coefficient (Wildman–Crippen LogP) is 5.48. The van der Waals surface area contributed by atoms with E-state index in [0.29, 0.717) is 11.3 Å². The van der Waals surface area contributed by atoms with Gasteiger partial charge in [-0.25, -0.2) is 4.79 Å². The first-order valence-electron chi connectivity index (χ1n) is 10.2. The molecule has 3 rings (SSSR count). The molecule has 3 aromatic rings. The van der Waals surface area contributed by atoms with Gasteiger partial charge in [-0.05, 0) is 48.2 Å². The molecule has 2 amide bonds. The first-order chi connectivity index (χ1) is 16.3. The maximum Gasteiger partial charge on any atom is 0.328 e. The normalized spacial score (nSPS) is 11.4. The maximum absolute atomic E-state index is 12.8. The molecule has 0 saturated carbocycles. The monoisotopic (exact) mass is 516 g/mol. The molecule has 0 aliphatic heterocycles. The minimum atomic E-state index is -0.880. The average Bonchev–Trinajstić information content (AvgIpc) is 2.84. The van der Waals surface area contributed by atoms with Gasteiger partial charge < -0.3 is 15.4 Å². The van der Waals surface area contributed by atoms with Crippen molar-refractivity contribution in [2.24, 2.45) is 0 Å². The zero-order valence-electron chi connectivity index (χ0n) is 18.4. The van der Waals surface area contributed by atoms with Crippen molar-refractivity contribution in [2.45, 2.75) is 17.4 Å². The van der Waals surface area contributed by atoms with Crippen LogP contribution in [0.5, 0.6) is 0 Å². The van der Waals surface area contributed by atoms with Crippen molar-refractivity contribution in [1.29, 1.82) is 0 Å². The molecule has 0 aliphatic rings. The van der Waals surface area contributed by atoms with E-state index in [1.807, 2.05) is 18.4 Å². The standard InChI is InChI=1S/C25H22Cl2N2O4S/c1-33-25(32)20(29-23(30)17-6-3-4-9-21(17)34-2)14-15-10-12-16(13-11-15)28-24(31)22-18(26)7-5-8-19(22)27/h3-13,20H,14H2,1-2H3,(H,28,31)(H,29,30)/t20-/m0/s1. The molecular weight excluding hydrogens is 495 g/mol. The summed E-state index contributed by atoms with van der Waals surface area (Å²) in [6.07, 6.45) is 2.09. The first kappa shape index (κ1) is 25.6. The lowest BCUT2D eigenvalue weighted by Gasteiger charge is -2.18. The Balaban J connectivity index is 1.71. The van der Waals surface area contributed by atoms with Gasteiger partial charge in [0, 0.05) is 17.0 Å². The van der Waals surface area contributed by atoms with Gasteiger partial charge in [0.15, 0.2) is 0 Å². The van der Waals surface area contributed by atoms with Crippen LogP contribution in [0.25, 0.3) is 0 Å². The lowest BCUT2D eigenvalue weighted by atomic mass is 10.0. The summed E-state index contributed by atoms with van der Waals surface area (Å²) in [4.78, 5) is 38.5. The molecule has 34 heavy (non-hydrogen) atoms. The summed E-state index contributed by atoms with van der Waals surface area (Å²) in [5, 5.41) is 6.01. The van der Waals surface area contributed by atoms with Crippen LogP contribution in [-0.4, -0.2) is 37.2 Å². The number of hydrogen-bond donors (Lipinski definition) is 2. The van der Waals surface area contributed by atoms with Crippen LogP contribution in [0.4, 0.5) is 5.69 Å². The molecule has 0 aliphatic carbocycles. The van der Waals surface area contributed by atoms with Crippen molar-refractivity contribution in [3.05, 3.63) is 93.5 Å². The fourth-order valence-corrected chi connectivity index (χ4v) is 4.44. The van der Waals surface area contributed by atoms with Crippen LogP contribution >= 0.6 is 35.0 Å². The van der Waals surface area contributed by atoms with Crippen LogP contribution in [-0.2, 0) is 16.0 Å². The van der Waals surface area contributed by atoms with Crippen LogP contribution in [0.15, 0.2) is 71.6 Å². The number of benzene rings is 3. The third-order valence-electron chi connectivity index (χ3n) is 4.98. The Morgan fingerprint density at radius 3 is 2.18 bits per heavy atom. The minimum absolute atomic E-state index is 0.189. The highest BCUT2D eigenvalue weighted by molar-refractivity contribution is 7.98. The summed E-state index contributed by atoms with van der Waals surface area (Å²) < 4.78 is 4.88. The highest BCUT2D eigenvalue weighted by Gasteiger charge is 2.24. The van der Waals surface area contributed by atoms with Crippen LogP contribution in [0.3, 0.4) is 0 Å². The number of anilines is 1. The second-order valence-electron chi connectivity index (χ2n) is 7.20. The van der Waals surface area contributed by atoms with Gasteiger partial charge in [-0.15, -0.1) is 11.8 Å². The van der Waals surface area contributed by atoms with Crippen molar-refractivity contribution < 1.29 is 19.1 Å². The van der Waals surface area contributed by atoms with Crippen molar-refractivity contribution >= 4 is 58.4 Å². The zero-order chi connectivity index (χ0) is 24.7. The largest absolute Gasteiger partial charge is 0.467 e. The van der Waals surface area contributed by atoms with Gasteiger partial charge >= 0.3 is 5.97 Å². The summed E-state index contributed by atoms with van der Waals surface area (Å²) in [6, 6.07) is 18.0. The topological polar surface area (TPSA) is 84.5 Å². The number of nitrogens with one attached hydrogen (secondary N) is 2. The van der Waals surface area contributed by atoms with Gasteiger partial charge in [-0.1, -0.05) is 53.5 Å². The van der Waals surface area contributed by atoms with E-state index in [4.69, 9.17) is 27.9 Å². The molecule has 1 atom stereocenters. The molecule has 2 N–H and O–H groups in total.